The van der Waals surface area contributed by atoms with Crippen molar-refractivity contribution in [1.82, 2.24) is 0 Å². The van der Waals surface area contributed by atoms with Crippen molar-refractivity contribution in [2.24, 2.45) is 17.3 Å². The molecule has 0 aliphatic heterocycles. The lowest BCUT2D eigenvalue weighted by Gasteiger charge is -2.57. The predicted octanol–water partition coefficient (Wildman–Crippen LogP) is 4.13. The number of hydrogen-bond acceptors (Lipinski definition) is 4. The summed E-state index contributed by atoms with van der Waals surface area (Å²) in [5.41, 5.74) is 0.749. The van der Waals surface area contributed by atoms with Crippen LogP contribution in [0.3, 0.4) is 0 Å². The zero-order chi connectivity index (χ0) is 20.5. The van der Waals surface area contributed by atoms with E-state index in [9.17, 15) is 15.0 Å². The maximum absolute atomic E-state index is 12.6. The Morgan fingerprint density at radius 2 is 1.86 bits per heavy atom. The Labute approximate surface area is 167 Å². The first kappa shape index (κ1) is 20.8. The fourth-order valence-corrected chi connectivity index (χ4v) is 4.81. The molecule has 1 aromatic rings. The highest BCUT2D eigenvalue weighted by Gasteiger charge is 2.60. The van der Waals surface area contributed by atoms with Crippen molar-refractivity contribution in [3.8, 4) is 0 Å². The fourth-order valence-electron chi connectivity index (χ4n) is 4.81. The molecule has 3 rings (SSSR count). The van der Waals surface area contributed by atoms with Crippen LogP contribution in [0.4, 0.5) is 0 Å². The summed E-state index contributed by atoms with van der Waals surface area (Å²) in [5.74, 6) is -0.223. The number of ether oxygens (including phenoxy) is 1. The first-order valence-corrected chi connectivity index (χ1v) is 10.2. The minimum Gasteiger partial charge on any atom is -0.453 e. The minimum absolute atomic E-state index is 0.143. The average molecular weight is 385 g/mol. The quantitative estimate of drug-likeness (QED) is 0.465. The molecule has 5 atom stereocenters. The van der Waals surface area contributed by atoms with E-state index in [1.807, 2.05) is 44.2 Å². The molecule has 2 N–H and O–H groups in total. The van der Waals surface area contributed by atoms with Gasteiger partial charge in [0.15, 0.2) is 0 Å². The molecular weight excluding hydrogens is 352 g/mol. The van der Waals surface area contributed by atoms with Gasteiger partial charge in [0.2, 0.25) is 0 Å². The van der Waals surface area contributed by atoms with Crippen LogP contribution in [0, 0.1) is 17.3 Å². The maximum Gasteiger partial charge on any atom is 0.331 e. The molecule has 2 aliphatic carbocycles. The number of esters is 1. The highest BCUT2D eigenvalue weighted by atomic mass is 16.6. The highest BCUT2D eigenvalue weighted by molar-refractivity contribution is 5.87. The van der Waals surface area contributed by atoms with E-state index < -0.39 is 29.2 Å². The number of aliphatic hydroxyl groups is 2. The summed E-state index contributed by atoms with van der Waals surface area (Å²) >= 11 is 0. The summed E-state index contributed by atoms with van der Waals surface area (Å²) in [6.45, 7) is 8.17. The standard InChI is InChI=1S/C24H32O4/c1-16(2)18-12-13-23(3)19(14-18)24(4,21(26)15-20(23)25)28-22(27)11-10-17-8-6-5-7-9-17/h5-12,16,19-21,25-26H,13-15H2,1-4H3. The van der Waals surface area contributed by atoms with Gasteiger partial charge in [0.05, 0.1) is 12.2 Å². The van der Waals surface area contributed by atoms with Crippen molar-refractivity contribution in [3.05, 3.63) is 53.6 Å². The lowest BCUT2D eigenvalue weighted by atomic mass is 9.53. The van der Waals surface area contributed by atoms with E-state index >= 15 is 0 Å². The predicted molar refractivity (Wildman–Crippen MR) is 110 cm³/mol. The van der Waals surface area contributed by atoms with Gasteiger partial charge in [-0.05, 0) is 37.3 Å². The van der Waals surface area contributed by atoms with Gasteiger partial charge in [-0.15, -0.1) is 0 Å². The Bertz CT molecular complexity index is 766. The maximum atomic E-state index is 12.6. The van der Waals surface area contributed by atoms with Gasteiger partial charge >= 0.3 is 5.97 Å². The molecule has 2 aliphatic rings. The SMILES string of the molecule is CC(C)C1=CCC2(C)C(O)CC(O)C(C)(OC(=O)C=Cc3ccccc3)C2C1. The van der Waals surface area contributed by atoms with Gasteiger partial charge in [0.1, 0.15) is 5.60 Å². The second kappa shape index (κ2) is 7.84. The molecule has 1 aromatic carbocycles. The molecule has 4 nitrogen and oxygen atoms in total. The molecule has 1 saturated carbocycles. The summed E-state index contributed by atoms with van der Waals surface area (Å²) in [6, 6.07) is 9.56. The van der Waals surface area contributed by atoms with Crippen molar-refractivity contribution < 1.29 is 19.7 Å². The summed E-state index contributed by atoms with van der Waals surface area (Å²) in [4.78, 5) is 12.6. The van der Waals surface area contributed by atoms with Crippen LogP contribution in [0.25, 0.3) is 6.08 Å². The zero-order valence-corrected chi connectivity index (χ0v) is 17.3. The van der Waals surface area contributed by atoms with Crippen LogP contribution in [-0.4, -0.2) is 34.0 Å². The summed E-state index contributed by atoms with van der Waals surface area (Å²) in [7, 11) is 0. The Morgan fingerprint density at radius 1 is 1.18 bits per heavy atom. The molecule has 0 bridgehead atoms. The van der Waals surface area contributed by atoms with E-state index in [0.717, 1.165) is 12.0 Å². The van der Waals surface area contributed by atoms with E-state index in [4.69, 9.17) is 4.74 Å². The normalized spacial score (nSPS) is 35.5. The fraction of sp³-hybridized carbons (Fsp3) is 0.542. The van der Waals surface area contributed by atoms with Gasteiger partial charge in [-0.2, -0.15) is 0 Å². The third-order valence-electron chi connectivity index (χ3n) is 6.87. The van der Waals surface area contributed by atoms with Gasteiger partial charge in [-0.25, -0.2) is 4.79 Å². The molecule has 5 unspecified atom stereocenters. The van der Waals surface area contributed by atoms with Crippen LogP contribution in [0.2, 0.25) is 0 Å². The largest absolute Gasteiger partial charge is 0.453 e. The highest BCUT2D eigenvalue weighted by Crippen LogP contribution is 2.55. The lowest BCUT2D eigenvalue weighted by Crippen LogP contribution is -2.64. The van der Waals surface area contributed by atoms with Gasteiger partial charge in [-0.3, -0.25) is 0 Å². The van der Waals surface area contributed by atoms with Crippen molar-refractivity contribution in [1.29, 1.82) is 0 Å². The molecule has 0 heterocycles. The second-order valence-corrected chi connectivity index (χ2v) is 9.02. The topological polar surface area (TPSA) is 66.8 Å². The van der Waals surface area contributed by atoms with Crippen LogP contribution in [0.15, 0.2) is 48.1 Å². The number of hydrogen-bond donors (Lipinski definition) is 2. The van der Waals surface area contributed by atoms with Gasteiger partial charge in [-0.1, -0.05) is 62.8 Å². The van der Waals surface area contributed by atoms with E-state index in [1.165, 1.54) is 11.6 Å². The Morgan fingerprint density at radius 3 is 2.50 bits per heavy atom. The lowest BCUT2D eigenvalue weighted by molar-refractivity contribution is -0.225. The van der Waals surface area contributed by atoms with Crippen molar-refractivity contribution >= 4 is 12.0 Å². The number of benzene rings is 1. The van der Waals surface area contributed by atoms with Crippen LogP contribution in [0.5, 0.6) is 0 Å². The van der Waals surface area contributed by atoms with E-state index in [2.05, 4.69) is 19.9 Å². The smallest absolute Gasteiger partial charge is 0.331 e. The van der Waals surface area contributed by atoms with Crippen molar-refractivity contribution in [2.45, 2.75) is 64.8 Å². The third kappa shape index (κ3) is 3.81. The minimum atomic E-state index is -1.04. The summed E-state index contributed by atoms with van der Waals surface area (Å²) < 4.78 is 5.91. The van der Waals surface area contributed by atoms with Crippen LogP contribution in [0.1, 0.15) is 52.5 Å². The number of aliphatic hydroxyl groups excluding tert-OH is 2. The molecule has 0 radical (unpaired) electrons. The summed E-state index contributed by atoms with van der Waals surface area (Å²) in [6.07, 6.45) is 5.49. The number of carbonyl (C=O) groups is 1. The molecule has 0 spiro atoms. The Kier molecular flexibility index (Phi) is 5.83. The van der Waals surface area contributed by atoms with Crippen LogP contribution < -0.4 is 0 Å². The monoisotopic (exact) mass is 384 g/mol. The number of rotatable bonds is 4. The second-order valence-electron chi connectivity index (χ2n) is 9.02. The molecule has 28 heavy (non-hydrogen) atoms. The number of carbonyl (C=O) groups excluding carboxylic acids is 1. The van der Waals surface area contributed by atoms with Crippen LogP contribution in [-0.2, 0) is 9.53 Å². The van der Waals surface area contributed by atoms with Gasteiger partial charge in [0.25, 0.3) is 0 Å². The van der Waals surface area contributed by atoms with Gasteiger partial charge < -0.3 is 14.9 Å². The molecule has 4 heteroatoms. The molecular formula is C24H32O4. The van der Waals surface area contributed by atoms with E-state index in [-0.39, 0.29) is 12.3 Å². The Balaban J connectivity index is 1.85. The molecule has 1 fully saturated rings. The molecule has 0 aromatic heterocycles. The van der Waals surface area contributed by atoms with E-state index in [0.29, 0.717) is 12.3 Å². The Hall–Kier alpha value is -1.91. The zero-order valence-electron chi connectivity index (χ0n) is 17.3. The van der Waals surface area contributed by atoms with Gasteiger partial charge in [0, 0.05) is 23.8 Å². The first-order valence-electron chi connectivity index (χ1n) is 10.2. The average Bonchev–Trinajstić information content (AvgIpc) is 2.66. The molecule has 152 valence electrons. The molecule has 0 saturated heterocycles. The van der Waals surface area contributed by atoms with Crippen molar-refractivity contribution in [2.75, 3.05) is 0 Å². The number of allylic oxidation sites excluding steroid dienone is 2. The number of fused-ring (bicyclic) bond motifs is 1. The van der Waals surface area contributed by atoms with E-state index in [1.54, 1.807) is 6.08 Å². The third-order valence-corrected chi connectivity index (χ3v) is 6.87. The van der Waals surface area contributed by atoms with Crippen LogP contribution >= 0.6 is 0 Å². The van der Waals surface area contributed by atoms with Crippen molar-refractivity contribution in [3.63, 3.8) is 0 Å². The summed E-state index contributed by atoms with van der Waals surface area (Å²) in [5, 5.41) is 21.6. The molecule has 0 amide bonds. The first-order chi connectivity index (χ1) is 13.2.